The van der Waals surface area contributed by atoms with Gasteiger partial charge >= 0.3 is 12.1 Å². The third kappa shape index (κ3) is 4.31. The molecule has 1 aliphatic heterocycles. The Hall–Kier alpha value is -1.95. The molecule has 0 unspecified atom stereocenters. The maximum Gasteiger partial charge on any atom is 0.411 e. The normalized spacial score (nSPS) is 22.1. The number of carbonyl (C=O) groups excluding carboxylic acids is 2. The quantitative estimate of drug-likeness (QED) is 0.481. The van der Waals surface area contributed by atoms with Crippen molar-refractivity contribution in [2.24, 2.45) is 5.11 Å². The molecule has 1 saturated heterocycles. The zero-order chi connectivity index (χ0) is 15.3. The largest absolute Gasteiger partial charge is 0.464 e. The van der Waals surface area contributed by atoms with E-state index >= 15 is 0 Å². The van der Waals surface area contributed by atoms with Gasteiger partial charge in [0.15, 0.2) is 6.04 Å². The molecule has 0 spiro atoms. The van der Waals surface area contributed by atoms with Crippen molar-refractivity contribution < 1.29 is 19.1 Å². The van der Waals surface area contributed by atoms with Crippen molar-refractivity contribution in [3.05, 3.63) is 0 Å². The lowest BCUT2D eigenvalue weighted by Gasteiger charge is -2.27. The Balaban J connectivity index is 2.85. The first-order valence-corrected chi connectivity index (χ1v) is 6.51. The van der Waals surface area contributed by atoms with Crippen molar-refractivity contribution in [1.29, 1.82) is 5.53 Å². The van der Waals surface area contributed by atoms with Gasteiger partial charge < -0.3 is 9.47 Å². The molecule has 0 aliphatic carbocycles. The minimum atomic E-state index is -0.736. The van der Waals surface area contributed by atoms with E-state index < -0.39 is 23.7 Å². The summed E-state index contributed by atoms with van der Waals surface area (Å²) in [7, 11) is 0. The van der Waals surface area contributed by atoms with Crippen LogP contribution in [-0.4, -0.2) is 47.8 Å². The van der Waals surface area contributed by atoms with Crippen molar-refractivity contribution >= 4 is 12.1 Å². The van der Waals surface area contributed by atoms with E-state index in [1.54, 1.807) is 27.7 Å². The molecule has 0 aromatic heterocycles. The van der Waals surface area contributed by atoms with Gasteiger partial charge in [-0.1, -0.05) is 0 Å². The number of hydrogen-bond acceptors (Lipinski definition) is 6. The number of nitrogens with one attached hydrogen (secondary N) is 1. The number of ether oxygens (including phenoxy) is 2. The van der Waals surface area contributed by atoms with Crippen LogP contribution in [0.15, 0.2) is 5.11 Å². The average Bonchev–Trinajstić information content (AvgIpc) is 2.72. The van der Waals surface area contributed by atoms with E-state index in [1.807, 2.05) is 0 Å². The minimum absolute atomic E-state index is 0.195. The first-order chi connectivity index (χ1) is 9.28. The predicted octanol–water partition coefficient (Wildman–Crippen LogP) is 1.48. The van der Waals surface area contributed by atoms with Crippen molar-refractivity contribution in [2.45, 2.75) is 51.8 Å². The Morgan fingerprint density at radius 1 is 1.45 bits per heavy atom. The van der Waals surface area contributed by atoms with Gasteiger partial charge in [0, 0.05) is 6.42 Å². The summed E-state index contributed by atoms with van der Waals surface area (Å²) in [4.78, 5) is 28.3. The van der Waals surface area contributed by atoms with Crippen LogP contribution in [0.1, 0.15) is 34.1 Å². The Morgan fingerprint density at radius 3 is 2.60 bits per heavy atom. The summed E-state index contributed by atoms with van der Waals surface area (Å²) in [6.07, 6.45) is -0.293. The van der Waals surface area contributed by atoms with Crippen LogP contribution in [0.25, 0.3) is 0 Å². The van der Waals surface area contributed by atoms with Crippen LogP contribution in [0.3, 0.4) is 0 Å². The summed E-state index contributed by atoms with van der Waals surface area (Å²) in [5.74, 6) is -0.485. The molecule has 8 heteroatoms. The molecule has 0 aromatic carbocycles. The van der Waals surface area contributed by atoms with Crippen molar-refractivity contribution in [1.82, 2.24) is 9.81 Å². The van der Waals surface area contributed by atoms with Gasteiger partial charge in [-0.05, 0) is 27.7 Å². The third-order valence-electron chi connectivity index (χ3n) is 2.69. The molecule has 1 N–H and O–H groups in total. The van der Waals surface area contributed by atoms with Crippen molar-refractivity contribution in [2.75, 3.05) is 13.2 Å². The van der Waals surface area contributed by atoms with E-state index in [1.165, 1.54) is 4.90 Å². The van der Waals surface area contributed by atoms with Gasteiger partial charge in [-0.25, -0.2) is 9.59 Å². The average molecular weight is 285 g/mol. The Labute approximate surface area is 117 Å². The van der Waals surface area contributed by atoms with Crippen LogP contribution in [0.4, 0.5) is 4.79 Å². The van der Waals surface area contributed by atoms with E-state index in [0.717, 1.165) is 0 Å². The van der Waals surface area contributed by atoms with Gasteiger partial charge in [-0.15, -0.1) is 0 Å². The van der Waals surface area contributed by atoms with Gasteiger partial charge in [0.2, 0.25) is 4.91 Å². The second-order valence-electron chi connectivity index (χ2n) is 5.51. The monoisotopic (exact) mass is 285 g/mol. The Kier molecular flexibility index (Phi) is 5.21. The number of nitrogens with zero attached hydrogens (tertiary/aromatic N) is 3. The van der Waals surface area contributed by atoms with Gasteiger partial charge in [-0.3, -0.25) is 4.90 Å². The highest BCUT2D eigenvalue weighted by atomic mass is 16.6. The highest BCUT2D eigenvalue weighted by Crippen LogP contribution is 2.24. The molecule has 20 heavy (non-hydrogen) atoms. The molecule has 2 atom stereocenters. The molecule has 0 aromatic rings. The molecule has 112 valence electrons. The summed E-state index contributed by atoms with van der Waals surface area (Å²) in [5.41, 5.74) is 6.10. The molecular formula is C12H21N4O4+. The SMILES string of the molecule is CCOC(=O)[C@@H]1C[C@H](N=[N+]=N)CN1C(=O)OC(C)(C)C. The van der Waals surface area contributed by atoms with Crippen molar-refractivity contribution in [3.63, 3.8) is 0 Å². The standard InChI is InChI=1S/C12H21N4O4/c1-5-19-10(17)9-6-8(14-15-13)7-16(9)11(18)20-12(2,3)4/h8-9,13H,5-7H2,1-4H3/q+1/t8-,9-/m0/s1. The van der Waals surface area contributed by atoms with E-state index in [4.69, 9.17) is 15.0 Å². The number of amides is 1. The van der Waals surface area contributed by atoms with Gasteiger partial charge in [0.05, 0.1) is 13.2 Å². The molecule has 1 fully saturated rings. The number of esters is 1. The minimum Gasteiger partial charge on any atom is -0.464 e. The molecule has 1 amide bonds. The molecule has 1 heterocycles. The van der Waals surface area contributed by atoms with Crippen LogP contribution in [0.2, 0.25) is 0 Å². The highest BCUT2D eigenvalue weighted by Gasteiger charge is 2.44. The zero-order valence-corrected chi connectivity index (χ0v) is 12.3. The molecule has 8 nitrogen and oxygen atoms in total. The molecule has 0 bridgehead atoms. The second-order valence-corrected chi connectivity index (χ2v) is 5.51. The van der Waals surface area contributed by atoms with Gasteiger partial charge in [-0.2, -0.15) is 0 Å². The summed E-state index contributed by atoms with van der Waals surface area (Å²) in [5, 5.41) is 3.68. The first-order valence-electron chi connectivity index (χ1n) is 6.51. The van der Waals surface area contributed by atoms with E-state index in [2.05, 4.69) is 10.0 Å². The number of carbonyl (C=O) groups is 2. The topological polar surface area (TPSA) is 106 Å². The van der Waals surface area contributed by atoms with Gasteiger partial charge in [0.1, 0.15) is 22.3 Å². The third-order valence-corrected chi connectivity index (χ3v) is 2.69. The molecular weight excluding hydrogens is 264 g/mol. The fourth-order valence-corrected chi connectivity index (χ4v) is 1.96. The van der Waals surface area contributed by atoms with Crippen molar-refractivity contribution in [3.8, 4) is 0 Å². The lowest BCUT2D eigenvalue weighted by atomic mass is 10.2. The predicted molar refractivity (Wildman–Crippen MR) is 69.0 cm³/mol. The number of rotatable bonds is 3. The Morgan fingerprint density at radius 2 is 2.10 bits per heavy atom. The summed E-state index contributed by atoms with van der Waals surface area (Å²) in [6, 6.07) is -1.12. The first kappa shape index (κ1) is 16.1. The molecule has 1 aliphatic rings. The fourth-order valence-electron chi connectivity index (χ4n) is 1.96. The van der Waals surface area contributed by atoms with E-state index in [9.17, 15) is 9.59 Å². The van der Waals surface area contributed by atoms with Crippen LogP contribution in [0.5, 0.6) is 0 Å². The molecule has 1 rings (SSSR count). The van der Waals surface area contributed by atoms with Gasteiger partial charge in [0.25, 0.3) is 0 Å². The summed E-state index contributed by atoms with van der Waals surface area (Å²) < 4.78 is 10.2. The van der Waals surface area contributed by atoms with Crippen LogP contribution < -0.4 is 4.91 Å². The lowest BCUT2D eigenvalue weighted by molar-refractivity contribution is -0.148. The Bertz CT molecular complexity index is 426. The number of hydrogen-bond donors (Lipinski definition) is 1. The van der Waals surface area contributed by atoms with Crippen LogP contribution in [0, 0.1) is 5.53 Å². The maximum absolute atomic E-state index is 12.1. The van der Waals surface area contributed by atoms with Crippen LogP contribution in [-0.2, 0) is 14.3 Å². The number of likely N-dealkylation sites (tertiary alicyclic amines) is 1. The van der Waals surface area contributed by atoms with Crippen LogP contribution >= 0.6 is 0 Å². The fraction of sp³-hybridized carbons (Fsp3) is 0.833. The lowest BCUT2D eigenvalue weighted by Crippen LogP contribution is -2.44. The zero-order valence-electron chi connectivity index (χ0n) is 12.3. The van der Waals surface area contributed by atoms with E-state index in [0.29, 0.717) is 6.42 Å². The maximum atomic E-state index is 12.1. The summed E-state index contributed by atoms with van der Waals surface area (Å²) in [6.45, 7) is 7.39. The molecule has 0 saturated carbocycles. The second kappa shape index (κ2) is 6.47. The highest BCUT2D eigenvalue weighted by molar-refractivity contribution is 5.82. The molecule has 0 radical (unpaired) electrons. The van der Waals surface area contributed by atoms with E-state index in [-0.39, 0.29) is 19.2 Å². The summed E-state index contributed by atoms with van der Waals surface area (Å²) >= 11 is 0. The smallest absolute Gasteiger partial charge is 0.411 e.